The van der Waals surface area contributed by atoms with Crippen molar-refractivity contribution < 1.29 is 0 Å². The molecule has 1 saturated heterocycles. The maximum Gasteiger partial charge on any atom is 0.0133 e. The number of hydrogen-bond acceptors (Lipinski definition) is 1. The van der Waals surface area contributed by atoms with Crippen molar-refractivity contribution in [1.82, 2.24) is 0 Å². The van der Waals surface area contributed by atoms with Gasteiger partial charge in [-0.3, -0.25) is 0 Å². The Balaban J connectivity index is 2.40. The zero-order valence-electron chi connectivity index (χ0n) is 4.39. The fourth-order valence-electron chi connectivity index (χ4n) is 0.787. The molecule has 0 bridgehead atoms. The average molecular weight is 117 g/mol. The molecule has 1 aliphatic heterocycles. The minimum absolute atomic E-state index is 0.422. The van der Waals surface area contributed by atoms with Gasteiger partial charge in [0.1, 0.15) is 0 Å². The molecule has 2 heteroatoms. The molecule has 0 aromatic carbocycles. The van der Waals surface area contributed by atoms with Gasteiger partial charge < -0.3 is 5.73 Å². The average Bonchev–Trinajstić information content (AvgIpc) is 1.87. The molecule has 42 valence electrons. The topological polar surface area (TPSA) is 26.0 Å². The van der Waals surface area contributed by atoms with E-state index in [1.807, 2.05) is 0 Å². The predicted molar refractivity (Wildman–Crippen MR) is 37.0 cm³/mol. The SMILES string of the molecule is C=S1CC[C@H](N)C1. The van der Waals surface area contributed by atoms with E-state index in [4.69, 9.17) is 5.73 Å². The molecule has 1 heterocycles. The van der Waals surface area contributed by atoms with Crippen molar-refractivity contribution in [3.05, 3.63) is 0 Å². The maximum absolute atomic E-state index is 5.59. The molecule has 0 aromatic rings. The molecule has 7 heavy (non-hydrogen) atoms. The molecular formula is C5H11NS. The summed E-state index contributed by atoms with van der Waals surface area (Å²) in [5.41, 5.74) is 5.59. The third kappa shape index (κ3) is 1.28. The lowest BCUT2D eigenvalue weighted by Crippen LogP contribution is -2.17. The molecular weight excluding hydrogens is 106 g/mol. The van der Waals surface area contributed by atoms with E-state index in [1.165, 1.54) is 17.9 Å². The van der Waals surface area contributed by atoms with Gasteiger partial charge in [-0.15, -0.1) is 0 Å². The molecule has 0 amide bonds. The fraction of sp³-hybridized carbons (Fsp3) is 0.800. The first-order valence-corrected chi connectivity index (χ1v) is 4.25. The molecule has 2 N–H and O–H groups in total. The molecule has 1 fully saturated rings. The summed E-state index contributed by atoms with van der Waals surface area (Å²) < 4.78 is 0. The van der Waals surface area contributed by atoms with E-state index < -0.39 is 0 Å². The van der Waals surface area contributed by atoms with E-state index >= 15 is 0 Å². The second-order valence-corrected chi connectivity index (χ2v) is 4.00. The van der Waals surface area contributed by atoms with E-state index in [0.717, 1.165) is 0 Å². The van der Waals surface area contributed by atoms with E-state index in [-0.39, 0.29) is 0 Å². The van der Waals surface area contributed by atoms with Crippen molar-refractivity contribution >= 4 is 16.4 Å². The predicted octanol–water partition coefficient (Wildman–Crippen LogP) is 0.418. The van der Waals surface area contributed by atoms with Crippen LogP contribution >= 0.6 is 10.5 Å². The normalized spacial score (nSPS) is 41.9. The van der Waals surface area contributed by atoms with Crippen LogP contribution in [0.25, 0.3) is 0 Å². The molecule has 0 saturated carbocycles. The number of rotatable bonds is 0. The highest BCUT2D eigenvalue weighted by atomic mass is 32.2. The highest BCUT2D eigenvalue weighted by Gasteiger charge is 2.10. The summed E-state index contributed by atoms with van der Waals surface area (Å²) in [6.45, 7) is 0. The van der Waals surface area contributed by atoms with E-state index in [0.29, 0.717) is 16.5 Å². The van der Waals surface area contributed by atoms with Crippen LogP contribution in [0.4, 0.5) is 0 Å². The lowest BCUT2D eigenvalue weighted by Gasteiger charge is -1.93. The van der Waals surface area contributed by atoms with Gasteiger partial charge in [-0.1, -0.05) is 5.87 Å². The lowest BCUT2D eigenvalue weighted by molar-refractivity contribution is 0.759. The van der Waals surface area contributed by atoms with Crippen LogP contribution in [0.1, 0.15) is 6.42 Å². The van der Waals surface area contributed by atoms with Gasteiger partial charge in [0.05, 0.1) is 0 Å². The molecule has 0 radical (unpaired) electrons. The van der Waals surface area contributed by atoms with Crippen LogP contribution in [0, 0.1) is 0 Å². The fourth-order valence-corrected chi connectivity index (χ4v) is 2.36. The van der Waals surface area contributed by atoms with Crippen LogP contribution in [0.5, 0.6) is 0 Å². The summed E-state index contributed by atoms with van der Waals surface area (Å²) in [4.78, 5) is 0. The Morgan fingerprint density at radius 2 is 2.43 bits per heavy atom. The number of hydrogen-bond donors (Lipinski definition) is 1. The van der Waals surface area contributed by atoms with Crippen LogP contribution in [0.15, 0.2) is 0 Å². The summed E-state index contributed by atoms with van der Waals surface area (Å²) in [6.07, 6.45) is 1.20. The molecule has 0 aliphatic carbocycles. The largest absolute Gasteiger partial charge is 0.327 e. The van der Waals surface area contributed by atoms with Crippen LogP contribution in [-0.4, -0.2) is 23.4 Å². The van der Waals surface area contributed by atoms with Gasteiger partial charge in [0.2, 0.25) is 0 Å². The first kappa shape index (κ1) is 5.32. The Labute approximate surface area is 46.8 Å². The van der Waals surface area contributed by atoms with Crippen molar-refractivity contribution in [3.63, 3.8) is 0 Å². The van der Waals surface area contributed by atoms with Crippen molar-refractivity contribution in [3.8, 4) is 0 Å². The summed E-state index contributed by atoms with van der Waals surface area (Å²) in [5, 5.41) is 0. The molecule has 1 nitrogen and oxygen atoms in total. The minimum atomic E-state index is 0.422. The van der Waals surface area contributed by atoms with Gasteiger partial charge in [0, 0.05) is 11.8 Å². The maximum atomic E-state index is 5.59. The molecule has 1 aliphatic rings. The third-order valence-electron chi connectivity index (χ3n) is 1.23. The summed E-state index contributed by atoms with van der Waals surface area (Å²) >= 11 is 0. The zero-order valence-corrected chi connectivity index (χ0v) is 5.21. The molecule has 1 rings (SSSR count). The Hall–Kier alpha value is 0.180. The molecule has 0 spiro atoms. The molecule has 1 unspecified atom stereocenters. The van der Waals surface area contributed by atoms with Crippen LogP contribution in [0.3, 0.4) is 0 Å². The Bertz CT molecular complexity index is 90.1. The first-order chi connectivity index (χ1) is 3.29. The highest BCUT2D eigenvalue weighted by Crippen LogP contribution is 2.21. The standard InChI is InChI=1S/C5H11NS/c1-7-3-2-5(6)4-7/h5H,1-4,6H2/t5-,7?/m0/s1. The second kappa shape index (κ2) is 1.97. The van der Waals surface area contributed by atoms with Gasteiger partial charge in [-0.2, -0.15) is 10.5 Å². The summed E-state index contributed by atoms with van der Waals surface area (Å²) in [6, 6.07) is 0.473. The van der Waals surface area contributed by atoms with Crippen molar-refractivity contribution in [2.45, 2.75) is 12.5 Å². The highest BCUT2D eigenvalue weighted by molar-refractivity contribution is 8.14. The van der Waals surface area contributed by atoms with E-state index in [1.54, 1.807) is 0 Å². The smallest absolute Gasteiger partial charge is 0.0133 e. The van der Waals surface area contributed by atoms with Crippen LogP contribution in [-0.2, 0) is 0 Å². The summed E-state index contributed by atoms with van der Waals surface area (Å²) in [5.74, 6) is 6.37. The van der Waals surface area contributed by atoms with Gasteiger partial charge in [-0.05, 0) is 12.2 Å². The minimum Gasteiger partial charge on any atom is -0.327 e. The lowest BCUT2D eigenvalue weighted by atomic mass is 10.3. The van der Waals surface area contributed by atoms with Gasteiger partial charge in [-0.25, -0.2) is 0 Å². The Kier molecular flexibility index (Phi) is 1.50. The Morgan fingerprint density at radius 3 is 2.57 bits per heavy atom. The summed E-state index contributed by atoms with van der Waals surface area (Å²) in [7, 11) is 0.422. The molecule has 0 aromatic heterocycles. The van der Waals surface area contributed by atoms with Crippen molar-refractivity contribution in [2.24, 2.45) is 5.73 Å². The van der Waals surface area contributed by atoms with Gasteiger partial charge in [0.25, 0.3) is 0 Å². The molecule has 2 atom stereocenters. The quantitative estimate of drug-likeness (QED) is 0.457. The monoisotopic (exact) mass is 117 g/mol. The van der Waals surface area contributed by atoms with Crippen molar-refractivity contribution in [2.75, 3.05) is 11.5 Å². The van der Waals surface area contributed by atoms with Gasteiger partial charge >= 0.3 is 0 Å². The van der Waals surface area contributed by atoms with Crippen LogP contribution < -0.4 is 5.73 Å². The van der Waals surface area contributed by atoms with E-state index in [9.17, 15) is 0 Å². The number of nitrogens with two attached hydrogens (primary N) is 1. The Morgan fingerprint density at radius 1 is 1.71 bits per heavy atom. The first-order valence-electron chi connectivity index (χ1n) is 2.52. The van der Waals surface area contributed by atoms with E-state index in [2.05, 4.69) is 5.87 Å². The van der Waals surface area contributed by atoms with Gasteiger partial charge in [0.15, 0.2) is 0 Å². The third-order valence-corrected chi connectivity index (χ3v) is 2.94. The van der Waals surface area contributed by atoms with Crippen LogP contribution in [0.2, 0.25) is 0 Å². The zero-order chi connectivity index (χ0) is 5.28. The van der Waals surface area contributed by atoms with Crippen molar-refractivity contribution in [1.29, 1.82) is 0 Å². The second-order valence-electron chi connectivity index (χ2n) is 2.03.